The van der Waals surface area contributed by atoms with Gasteiger partial charge < -0.3 is 14.2 Å². The highest BCUT2D eigenvalue weighted by atomic mass is 16.4. The summed E-state index contributed by atoms with van der Waals surface area (Å²) in [4.78, 5) is 12.3. The van der Waals surface area contributed by atoms with Gasteiger partial charge in [0.1, 0.15) is 0 Å². The van der Waals surface area contributed by atoms with E-state index in [1.165, 1.54) is 0 Å². The zero-order valence-electron chi connectivity index (χ0n) is 13.3. The molecule has 0 saturated heterocycles. The van der Waals surface area contributed by atoms with Gasteiger partial charge in [-0.15, -0.1) is 10.2 Å². The van der Waals surface area contributed by atoms with Crippen molar-refractivity contribution >= 4 is 11.6 Å². The molecule has 0 atom stereocenters. The maximum Gasteiger partial charge on any atom is 0.283 e. The number of carbonyl (C=O) groups excluding carboxylic acids is 1. The topological polar surface area (TPSA) is 81.2 Å². The number of benzene rings is 1. The molecule has 6 heteroatoms. The van der Waals surface area contributed by atoms with Crippen LogP contribution in [0.25, 0.3) is 23.1 Å². The van der Waals surface area contributed by atoms with E-state index in [0.29, 0.717) is 28.8 Å². The number of hydrogen-bond donors (Lipinski definition) is 1. The lowest BCUT2D eigenvalue weighted by Gasteiger charge is -2.09. The molecule has 0 radical (unpaired) electrons. The smallest absolute Gasteiger partial charge is 0.283 e. The van der Waals surface area contributed by atoms with Crippen LogP contribution in [0.15, 0.2) is 75.3 Å². The van der Waals surface area contributed by atoms with Crippen LogP contribution in [0, 0.1) is 0 Å². The van der Waals surface area contributed by atoms with Gasteiger partial charge >= 0.3 is 0 Å². The number of hydrogen-bond acceptors (Lipinski definition) is 5. The molecule has 3 aromatic rings. The molecule has 4 rings (SSSR count). The monoisotopic (exact) mass is 333 g/mol. The van der Waals surface area contributed by atoms with Crippen molar-refractivity contribution in [1.82, 2.24) is 10.2 Å². The number of nitrogens with zero attached hydrogens (tertiary/aromatic N) is 2. The van der Waals surface area contributed by atoms with Crippen molar-refractivity contribution in [2.45, 2.75) is 12.8 Å². The Morgan fingerprint density at radius 3 is 2.80 bits per heavy atom. The molecule has 1 N–H and O–H groups in total. The van der Waals surface area contributed by atoms with Gasteiger partial charge in [-0.25, -0.2) is 0 Å². The maximum atomic E-state index is 12.3. The van der Waals surface area contributed by atoms with Gasteiger partial charge in [0.2, 0.25) is 5.89 Å². The van der Waals surface area contributed by atoms with E-state index in [1.807, 2.05) is 36.4 Å². The van der Waals surface area contributed by atoms with Crippen LogP contribution in [0.4, 0.5) is 5.69 Å². The molecular formula is C19H15N3O3. The number of rotatable bonds is 4. The number of amides is 1. The Labute approximate surface area is 143 Å². The third-order valence-corrected chi connectivity index (χ3v) is 3.78. The van der Waals surface area contributed by atoms with Crippen molar-refractivity contribution in [2.75, 3.05) is 5.32 Å². The van der Waals surface area contributed by atoms with E-state index in [1.54, 1.807) is 24.5 Å². The van der Waals surface area contributed by atoms with Crippen molar-refractivity contribution in [3.05, 3.63) is 66.5 Å². The second-order valence-corrected chi connectivity index (χ2v) is 5.56. The van der Waals surface area contributed by atoms with Gasteiger partial charge in [0, 0.05) is 16.8 Å². The SMILES string of the molecule is O=C(Nc1cccc(-c2nnc(-c3ccco3)o2)c1)C1=CCCC=C1. The first-order valence-corrected chi connectivity index (χ1v) is 7.95. The van der Waals surface area contributed by atoms with Gasteiger partial charge in [-0.3, -0.25) is 4.79 Å². The minimum Gasteiger partial charge on any atom is -0.459 e. The number of aromatic nitrogens is 2. The lowest BCUT2D eigenvalue weighted by atomic mass is 10.1. The van der Waals surface area contributed by atoms with Gasteiger partial charge in [-0.05, 0) is 43.2 Å². The normalized spacial score (nSPS) is 13.5. The van der Waals surface area contributed by atoms with Crippen LogP contribution in [0.3, 0.4) is 0 Å². The summed E-state index contributed by atoms with van der Waals surface area (Å²) in [5.41, 5.74) is 2.06. The highest BCUT2D eigenvalue weighted by Crippen LogP contribution is 2.26. The summed E-state index contributed by atoms with van der Waals surface area (Å²) < 4.78 is 10.9. The van der Waals surface area contributed by atoms with E-state index < -0.39 is 0 Å². The summed E-state index contributed by atoms with van der Waals surface area (Å²) in [7, 11) is 0. The molecule has 2 heterocycles. The quantitative estimate of drug-likeness (QED) is 0.773. The molecular weight excluding hydrogens is 318 g/mol. The summed E-state index contributed by atoms with van der Waals surface area (Å²) in [5, 5.41) is 10.9. The number of allylic oxidation sites excluding steroid dienone is 2. The Morgan fingerprint density at radius 2 is 2.00 bits per heavy atom. The second kappa shape index (κ2) is 6.60. The molecule has 1 aromatic carbocycles. The third-order valence-electron chi connectivity index (χ3n) is 3.78. The standard InChI is InChI=1S/C19H15N3O3/c23-17(13-6-2-1-3-7-13)20-15-9-4-8-14(12-15)18-21-22-19(25-18)16-10-5-11-24-16/h2,4-12H,1,3H2,(H,20,23). The van der Waals surface area contributed by atoms with Crippen molar-refractivity contribution < 1.29 is 13.6 Å². The highest BCUT2D eigenvalue weighted by Gasteiger charge is 2.14. The molecule has 0 saturated carbocycles. The number of carbonyl (C=O) groups is 1. The van der Waals surface area contributed by atoms with Crippen LogP contribution in [-0.2, 0) is 4.79 Å². The fourth-order valence-electron chi connectivity index (χ4n) is 2.55. The average molecular weight is 333 g/mol. The molecule has 2 aromatic heterocycles. The van der Waals surface area contributed by atoms with Gasteiger partial charge in [0.05, 0.1) is 6.26 Å². The van der Waals surface area contributed by atoms with Crippen LogP contribution >= 0.6 is 0 Å². The van der Waals surface area contributed by atoms with Crippen LogP contribution in [0.1, 0.15) is 12.8 Å². The number of nitrogens with one attached hydrogen (secondary N) is 1. The van der Waals surface area contributed by atoms with Gasteiger partial charge in [-0.1, -0.05) is 24.3 Å². The van der Waals surface area contributed by atoms with Crippen molar-refractivity contribution in [3.8, 4) is 23.1 Å². The Balaban J connectivity index is 1.54. The summed E-state index contributed by atoms with van der Waals surface area (Å²) >= 11 is 0. The molecule has 0 spiro atoms. The van der Waals surface area contributed by atoms with E-state index in [-0.39, 0.29) is 5.91 Å². The minimum atomic E-state index is -0.130. The van der Waals surface area contributed by atoms with Crippen LogP contribution < -0.4 is 5.32 Å². The fraction of sp³-hybridized carbons (Fsp3) is 0.105. The molecule has 1 amide bonds. The molecule has 124 valence electrons. The predicted octanol–water partition coefficient (Wildman–Crippen LogP) is 4.21. The van der Waals surface area contributed by atoms with E-state index in [9.17, 15) is 4.79 Å². The second-order valence-electron chi connectivity index (χ2n) is 5.56. The van der Waals surface area contributed by atoms with Crippen LogP contribution in [0.5, 0.6) is 0 Å². The Hall–Kier alpha value is -3.41. The zero-order valence-corrected chi connectivity index (χ0v) is 13.3. The summed E-state index contributed by atoms with van der Waals surface area (Å²) in [5.74, 6) is 1.06. The zero-order chi connectivity index (χ0) is 17.1. The highest BCUT2D eigenvalue weighted by molar-refractivity contribution is 6.06. The summed E-state index contributed by atoms with van der Waals surface area (Å²) in [6.45, 7) is 0. The van der Waals surface area contributed by atoms with Crippen LogP contribution in [-0.4, -0.2) is 16.1 Å². The lowest BCUT2D eigenvalue weighted by Crippen LogP contribution is -2.14. The van der Waals surface area contributed by atoms with E-state index >= 15 is 0 Å². The number of anilines is 1. The van der Waals surface area contributed by atoms with Crippen molar-refractivity contribution in [1.29, 1.82) is 0 Å². The molecule has 25 heavy (non-hydrogen) atoms. The number of furan rings is 1. The maximum absolute atomic E-state index is 12.3. The first-order valence-electron chi connectivity index (χ1n) is 7.95. The first kappa shape index (κ1) is 15.1. The Kier molecular flexibility index (Phi) is 4.00. The predicted molar refractivity (Wildman–Crippen MR) is 92.5 cm³/mol. The van der Waals surface area contributed by atoms with E-state index in [2.05, 4.69) is 15.5 Å². The Morgan fingerprint density at radius 1 is 1.08 bits per heavy atom. The van der Waals surface area contributed by atoms with Crippen LogP contribution in [0.2, 0.25) is 0 Å². The Bertz CT molecular complexity index is 952. The lowest BCUT2D eigenvalue weighted by molar-refractivity contribution is -0.112. The van der Waals surface area contributed by atoms with Gasteiger partial charge in [-0.2, -0.15) is 0 Å². The van der Waals surface area contributed by atoms with Gasteiger partial charge in [0.25, 0.3) is 11.8 Å². The summed E-state index contributed by atoms with van der Waals surface area (Å²) in [6, 6.07) is 10.8. The fourth-order valence-corrected chi connectivity index (χ4v) is 2.55. The first-order chi connectivity index (χ1) is 12.3. The van der Waals surface area contributed by atoms with Crippen molar-refractivity contribution in [3.63, 3.8) is 0 Å². The molecule has 0 unspecified atom stereocenters. The van der Waals surface area contributed by atoms with E-state index in [0.717, 1.165) is 18.4 Å². The molecule has 1 aliphatic rings. The molecule has 0 fully saturated rings. The molecule has 0 aliphatic heterocycles. The van der Waals surface area contributed by atoms with E-state index in [4.69, 9.17) is 8.83 Å². The minimum absolute atomic E-state index is 0.130. The third kappa shape index (κ3) is 3.28. The largest absolute Gasteiger partial charge is 0.459 e. The molecule has 0 bridgehead atoms. The molecule has 6 nitrogen and oxygen atoms in total. The average Bonchev–Trinajstić information content (AvgIpc) is 3.34. The van der Waals surface area contributed by atoms with Crippen molar-refractivity contribution in [2.24, 2.45) is 0 Å². The summed E-state index contributed by atoms with van der Waals surface area (Å²) in [6.07, 6.45) is 9.19. The van der Waals surface area contributed by atoms with Gasteiger partial charge in [0.15, 0.2) is 5.76 Å². The molecule has 1 aliphatic carbocycles.